The lowest BCUT2D eigenvalue weighted by atomic mass is 10.5. The molecule has 0 aliphatic carbocycles. The van der Waals surface area contributed by atoms with E-state index in [2.05, 4.69) is 7.05 Å². The summed E-state index contributed by atoms with van der Waals surface area (Å²) in [7, 11) is 8.77. The van der Waals surface area contributed by atoms with Crippen molar-refractivity contribution < 1.29 is 4.79 Å². The summed E-state index contributed by atoms with van der Waals surface area (Å²) in [4.78, 5) is 13.9. The molecule has 1 radical (unpaired) electrons. The third kappa shape index (κ3) is 3.97. The molecule has 0 rings (SSSR count). The Bertz CT molecular complexity index is 99.2. The minimum atomic E-state index is 0.0764. The minimum Gasteiger partial charge on any atom is -0.348 e. The number of likely N-dealkylation sites (N-methyl/N-ethyl adjacent to an activating group) is 2. The normalized spacial score (nSPS) is 9.89. The molecule has 0 N–H and O–H groups in total. The molecule has 0 aliphatic heterocycles. The van der Waals surface area contributed by atoms with E-state index in [1.54, 1.807) is 30.9 Å². The van der Waals surface area contributed by atoms with Gasteiger partial charge in [-0.2, -0.15) is 0 Å². The van der Waals surface area contributed by atoms with Crippen molar-refractivity contribution in [1.82, 2.24) is 9.80 Å². The molecule has 0 aromatic rings. The maximum absolute atomic E-state index is 10.8. The number of carbonyl (C=O) groups is 1. The van der Waals surface area contributed by atoms with E-state index in [-0.39, 0.29) is 5.91 Å². The van der Waals surface area contributed by atoms with Crippen LogP contribution in [0.15, 0.2) is 0 Å². The first-order valence-corrected chi connectivity index (χ1v) is 2.76. The fourth-order valence-corrected chi connectivity index (χ4v) is 0.372. The van der Waals surface area contributed by atoms with Gasteiger partial charge in [-0.05, 0) is 7.05 Å². The summed E-state index contributed by atoms with van der Waals surface area (Å²) in [5.74, 6) is 0.0764. The summed E-state index contributed by atoms with van der Waals surface area (Å²) < 4.78 is 0. The third-order valence-electron chi connectivity index (χ3n) is 0.904. The molecule has 0 saturated heterocycles. The summed E-state index contributed by atoms with van der Waals surface area (Å²) in [5.41, 5.74) is 0. The molecule has 3 nitrogen and oxygen atoms in total. The number of hydrogen-bond acceptors (Lipinski definition) is 2. The molecule has 0 fully saturated rings. The van der Waals surface area contributed by atoms with Gasteiger partial charge in [0.25, 0.3) is 0 Å². The Morgan fingerprint density at radius 2 is 1.89 bits per heavy atom. The van der Waals surface area contributed by atoms with E-state index < -0.39 is 0 Å². The number of nitrogens with zero attached hydrogens (tertiary/aromatic N) is 2. The van der Waals surface area contributed by atoms with Gasteiger partial charge in [0, 0.05) is 21.1 Å². The van der Waals surface area contributed by atoms with Gasteiger partial charge in [0.2, 0.25) is 5.91 Å². The van der Waals surface area contributed by atoms with Crippen LogP contribution in [0.25, 0.3) is 0 Å². The summed E-state index contributed by atoms with van der Waals surface area (Å²) in [6.07, 6.45) is 0. The van der Waals surface area contributed by atoms with Crippen LogP contribution in [0.1, 0.15) is 0 Å². The molecule has 3 heteroatoms. The number of hydrogen-bond donors (Lipinski definition) is 0. The first kappa shape index (κ1) is 8.43. The molecule has 0 saturated carbocycles. The lowest BCUT2D eigenvalue weighted by Gasteiger charge is -2.13. The van der Waals surface area contributed by atoms with Crippen molar-refractivity contribution >= 4 is 5.91 Å². The molecule has 0 spiro atoms. The van der Waals surface area contributed by atoms with Gasteiger partial charge < -0.3 is 4.90 Å². The molecular weight excluding hydrogens is 116 g/mol. The van der Waals surface area contributed by atoms with Crippen LogP contribution < -0.4 is 0 Å². The van der Waals surface area contributed by atoms with Crippen molar-refractivity contribution in [2.75, 3.05) is 27.7 Å². The second-order valence-corrected chi connectivity index (χ2v) is 2.30. The van der Waals surface area contributed by atoms with E-state index in [1.165, 1.54) is 0 Å². The van der Waals surface area contributed by atoms with E-state index in [0.29, 0.717) is 6.54 Å². The molecule has 0 atom stereocenters. The average Bonchev–Trinajstić information content (AvgIpc) is 1.63. The van der Waals surface area contributed by atoms with Gasteiger partial charge >= 0.3 is 0 Å². The van der Waals surface area contributed by atoms with Crippen molar-refractivity contribution in [2.24, 2.45) is 0 Å². The Labute approximate surface area is 56.2 Å². The Balaban J connectivity index is 3.51. The zero-order chi connectivity index (χ0) is 7.44. The van der Waals surface area contributed by atoms with Gasteiger partial charge in [0.05, 0.1) is 6.54 Å². The molecule has 0 aliphatic rings. The van der Waals surface area contributed by atoms with Crippen LogP contribution in [0.4, 0.5) is 0 Å². The van der Waals surface area contributed by atoms with Gasteiger partial charge in [-0.25, -0.2) is 0 Å². The van der Waals surface area contributed by atoms with E-state index >= 15 is 0 Å². The van der Waals surface area contributed by atoms with E-state index in [1.807, 2.05) is 0 Å². The van der Waals surface area contributed by atoms with Crippen LogP contribution in [0.3, 0.4) is 0 Å². The maximum Gasteiger partial charge on any atom is 0.236 e. The molecule has 0 aromatic carbocycles. The highest BCUT2D eigenvalue weighted by Gasteiger charge is 2.03. The molecule has 0 bridgehead atoms. The van der Waals surface area contributed by atoms with Crippen LogP contribution in [0, 0.1) is 7.05 Å². The molecular formula is C6H13N2O. The van der Waals surface area contributed by atoms with Crippen LogP contribution in [-0.2, 0) is 4.79 Å². The summed E-state index contributed by atoms with van der Waals surface area (Å²) in [5, 5.41) is 0. The first-order chi connectivity index (χ1) is 4.04. The van der Waals surface area contributed by atoms with Gasteiger partial charge in [-0.1, -0.05) is 0 Å². The van der Waals surface area contributed by atoms with Gasteiger partial charge in [0.15, 0.2) is 0 Å². The maximum atomic E-state index is 10.8. The van der Waals surface area contributed by atoms with E-state index in [0.717, 1.165) is 0 Å². The quantitative estimate of drug-likeness (QED) is 0.515. The standard InChI is InChI=1S/C6H13N2O/c1-7(2)5-6(9)8(3)4/h1,5H2,2-4H3. The fourth-order valence-electron chi connectivity index (χ4n) is 0.372. The first-order valence-electron chi connectivity index (χ1n) is 2.76. The van der Waals surface area contributed by atoms with Crippen molar-refractivity contribution in [1.29, 1.82) is 0 Å². The predicted octanol–water partition coefficient (Wildman–Crippen LogP) is -0.202. The molecule has 0 aromatic heterocycles. The highest BCUT2D eigenvalue weighted by molar-refractivity contribution is 5.77. The summed E-state index contributed by atoms with van der Waals surface area (Å²) in [6, 6.07) is 0. The minimum absolute atomic E-state index is 0.0764. The van der Waals surface area contributed by atoms with Gasteiger partial charge in [-0.15, -0.1) is 0 Å². The summed E-state index contributed by atoms with van der Waals surface area (Å²) >= 11 is 0. The number of rotatable bonds is 2. The molecule has 53 valence electrons. The van der Waals surface area contributed by atoms with Crippen molar-refractivity contribution in [3.8, 4) is 0 Å². The van der Waals surface area contributed by atoms with Crippen LogP contribution in [-0.4, -0.2) is 43.4 Å². The zero-order valence-electron chi connectivity index (χ0n) is 6.22. The van der Waals surface area contributed by atoms with Gasteiger partial charge in [-0.3, -0.25) is 9.69 Å². The molecule has 0 heterocycles. The lowest BCUT2D eigenvalue weighted by Crippen LogP contribution is -2.31. The van der Waals surface area contributed by atoms with Crippen LogP contribution >= 0.6 is 0 Å². The molecule has 1 amide bonds. The SMILES string of the molecule is [CH2]N(C)CC(=O)N(C)C. The van der Waals surface area contributed by atoms with Crippen LogP contribution in [0.5, 0.6) is 0 Å². The lowest BCUT2D eigenvalue weighted by molar-refractivity contribution is -0.129. The van der Waals surface area contributed by atoms with Crippen molar-refractivity contribution in [3.05, 3.63) is 7.05 Å². The monoisotopic (exact) mass is 129 g/mol. The second kappa shape index (κ2) is 3.45. The zero-order valence-corrected chi connectivity index (χ0v) is 6.22. The van der Waals surface area contributed by atoms with Crippen molar-refractivity contribution in [3.63, 3.8) is 0 Å². The molecule has 0 unspecified atom stereocenters. The van der Waals surface area contributed by atoms with Crippen LogP contribution in [0.2, 0.25) is 0 Å². The van der Waals surface area contributed by atoms with Gasteiger partial charge in [0.1, 0.15) is 0 Å². The summed E-state index contributed by atoms with van der Waals surface area (Å²) in [6.45, 7) is 0.382. The Morgan fingerprint density at radius 1 is 1.44 bits per heavy atom. The number of carbonyl (C=O) groups excluding carboxylic acids is 1. The van der Waals surface area contributed by atoms with E-state index in [9.17, 15) is 4.79 Å². The highest BCUT2D eigenvalue weighted by Crippen LogP contribution is 1.81. The smallest absolute Gasteiger partial charge is 0.236 e. The fraction of sp³-hybridized carbons (Fsp3) is 0.667. The predicted molar refractivity (Wildman–Crippen MR) is 36.7 cm³/mol. The Kier molecular flexibility index (Phi) is 3.24. The topological polar surface area (TPSA) is 23.6 Å². The average molecular weight is 129 g/mol. The van der Waals surface area contributed by atoms with E-state index in [4.69, 9.17) is 0 Å². The highest BCUT2D eigenvalue weighted by atomic mass is 16.2. The number of amides is 1. The third-order valence-corrected chi connectivity index (χ3v) is 0.904. The van der Waals surface area contributed by atoms with Crippen molar-refractivity contribution in [2.45, 2.75) is 0 Å². The Morgan fingerprint density at radius 3 is 2.00 bits per heavy atom. The molecule has 9 heavy (non-hydrogen) atoms. The second-order valence-electron chi connectivity index (χ2n) is 2.30. The largest absolute Gasteiger partial charge is 0.348 e. The Hall–Kier alpha value is -0.570.